The average molecular weight is 1520 g/mol. The molecule has 3 N–H and O–H groups in total. The van der Waals surface area contributed by atoms with E-state index in [1.165, 1.54) is 238 Å². The van der Waals surface area contributed by atoms with Gasteiger partial charge in [-0.15, -0.1) is 0 Å². The summed E-state index contributed by atoms with van der Waals surface area (Å²) < 4.78 is 68.8. The Labute approximate surface area is 638 Å². The molecule has 0 rings (SSSR count). The molecule has 0 amide bonds. The van der Waals surface area contributed by atoms with Gasteiger partial charge in [0.2, 0.25) is 0 Å². The lowest BCUT2D eigenvalue weighted by Crippen LogP contribution is -2.30. The second kappa shape index (κ2) is 73.8. The number of carbonyl (C=O) groups is 4. The van der Waals surface area contributed by atoms with Gasteiger partial charge in [0.05, 0.1) is 26.4 Å². The van der Waals surface area contributed by atoms with Crippen molar-refractivity contribution < 1.29 is 80.2 Å². The number of carbonyl (C=O) groups excluding carboxylic acids is 4. The third-order valence-electron chi connectivity index (χ3n) is 20.2. The Morgan fingerprint density at radius 1 is 0.269 bits per heavy atom. The molecule has 618 valence electrons. The molecule has 0 aromatic carbocycles. The van der Waals surface area contributed by atoms with Gasteiger partial charge in [0.1, 0.15) is 19.3 Å². The highest BCUT2D eigenvalue weighted by atomic mass is 31.2. The zero-order chi connectivity index (χ0) is 76.7. The van der Waals surface area contributed by atoms with Gasteiger partial charge in [-0.1, -0.05) is 389 Å². The van der Waals surface area contributed by atoms with E-state index in [1.54, 1.807) is 0 Å². The van der Waals surface area contributed by atoms with E-state index in [-0.39, 0.29) is 25.7 Å². The van der Waals surface area contributed by atoms with Gasteiger partial charge in [0.25, 0.3) is 0 Å². The standard InChI is InChI=1S/C85H166O17P2/c1-9-78(8)64-56-48-39-33-27-21-16-17-22-28-34-40-49-57-65-82(87)95-71-80(101-84(89)67-59-51-41-35-29-23-15-13-11-10-12-14-19-25-31-37-45-53-61-75(2)3)73-99-103(91,92)97-69-79(86)70-98-104(93,94)100-74-81(72-96-83(88)66-58-50-44-43-47-55-63-77(6)7)102-85(90)68-60-52-42-36-30-24-18-20-26-32-38-46-54-62-76(4)5/h75-81,86H,9-74H2,1-8H3,(H,91,92)(H,93,94)/t78?,79-,80-,81-/m1/s1. The highest BCUT2D eigenvalue weighted by molar-refractivity contribution is 7.47. The Kier molecular flexibility index (Phi) is 72.5. The molecule has 0 aliphatic heterocycles. The molecular formula is C85H166O17P2. The molecule has 17 nitrogen and oxygen atoms in total. The molecule has 0 aromatic heterocycles. The summed E-state index contributed by atoms with van der Waals surface area (Å²) in [7, 11) is -9.93. The molecule has 0 heterocycles. The minimum Gasteiger partial charge on any atom is -0.462 e. The SMILES string of the molecule is CCC(C)CCCCCCCCCCCCCCCCC(=O)OC[C@H](COP(=O)(O)OC[C@@H](O)COP(=O)(O)OC[C@@H](COC(=O)CCCCCCCCC(C)C)OC(=O)CCCCCCCCCCCCCCCC(C)C)OC(=O)CCCCCCCCCCCCCCCCCCCCC(C)C. The van der Waals surface area contributed by atoms with Crippen molar-refractivity contribution in [3.63, 3.8) is 0 Å². The van der Waals surface area contributed by atoms with E-state index >= 15 is 0 Å². The molecule has 0 saturated carbocycles. The molecule has 0 fully saturated rings. The molecule has 0 aromatic rings. The lowest BCUT2D eigenvalue weighted by Gasteiger charge is -2.21. The molecule has 0 saturated heterocycles. The number of hydrogen-bond donors (Lipinski definition) is 3. The highest BCUT2D eigenvalue weighted by Crippen LogP contribution is 2.45. The van der Waals surface area contributed by atoms with Crippen molar-refractivity contribution in [2.75, 3.05) is 39.6 Å². The summed E-state index contributed by atoms with van der Waals surface area (Å²) in [6.45, 7) is 14.3. The molecule has 104 heavy (non-hydrogen) atoms. The van der Waals surface area contributed by atoms with Crippen molar-refractivity contribution in [3.8, 4) is 0 Å². The van der Waals surface area contributed by atoms with E-state index in [0.29, 0.717) is 31.6 Å². The van der Waals surface area contributed by atoms with Crippen LogP contribution in [0.15, 0.2) is 0 Å². The fourth-order valence-electron chi connectivity index (χ4n) is 13.1. The van der Waals surface area contributed by atoms with Gasteiger partial charge < -0.3 is 33.8 Å². The van der Waals surface area contributed by atoms with Crippen LogP contribution in [0.3, 0.4) is 0 Å². The first-order valence-corrected chi connectivity index (χ1v) is 46.7. The first kappa shape index (κ1) is 102. The van der Waals surface area contributed by atoms with Crippen LogP contribution in [0, 0.1) is 23.7 Å². The second-order valence-electron chi connectivity index (χ2n) is 32.2. The number of rotatable bonds is 82. The van der Waals surface area contributed by atoms with Gasteiger partial charge in [0, 0.05) is 25.7 Å². The Bertz CT molecular complexity index is 2030. The molecule has 0 radical (unpaired) electrons. The number of unbranched alkanes of at least 4 members (excludes halogenated alkanes) is 47. The fraction of sp³-hybridized carbons (Fsp3) is 0.953. The third-order valence-corrected chi connectivity index (χ3v) is 22.1. The minimum absolute atomic E-state index is 0.106. The maximum absolute atomic E-state index is 13.1. The minimum atomic E-state index is -4.97. The Hall–Kier alpha value is -1.94. The lowest BCUT2D eigenvalue weighted by molar-refractivity contribution is -0.161. The number of aliphatic hydroxyl groups excluding tert-OH is 1. The van der Waals surface area contributed by atoms with E-state index < -0.39 is 97.5 Å². The first-order valence-electron chi connectivity index (χ1n) is 43.7. The van der Waals surface area contributed by atoms with E-state index in [2.05, 4.69) is 55.4 Å². The summed E-state index contributed by atoms with van der Waals surface area (Å²) in [6, 6.07) is 0. The number of phosphoric ester groups is 2. The van der Waals surface area contributed by atoms with Crippen LogP contribution >= 0.6 is 15.6 Å². The summed E-state index contributed by atoms with van der Waals surface area (Å²) in [4.78, 5) is 73.1. The van der Waals surface area contributed by atoms with Crippen LogP contribution in [0.1, 0.15) is 441 Å². The zero-order valence-electron chi connectivity index (χ0n) is 68.7. The second-order valence-corrected chi connectivity index (χ2v) is 35.2. The van der Waals surface area contributed by atoms with E-state index in [4.69, 9.17) is 37.0 Å². The summed E-state index contributed by atoms with van der Waals surface area (Å²) >= 11 is 0. The summed E-state index contributed by atoms with van der Waals surface area (Å²) in [5, 5.41) is 10.7. The highest BCUT2D eigenvalue weighted by Gasteiger charge is 2.30. The Balaban J connectivity index is 5.22. The van der Waals surface area contributed by atoms with Crippen LogP contribution in [0.2, 0.25) is 0 Å². The number of esters is 4. The van der Waals surface area contributed by atoms with Gasteiger partial charge >= 0.3 is 39.5 Å². The van der Waals surface area contributed by atoms with Crippen LogP contribution in [0.25, 0.3) is 0 Å². The number of ether oxygens (including phenoxy) is 4. The van der Waals surface area contributed by atoms with Crippen LogP contribution in [-0.2, 0) is 65.4 Å². The predicted molar refractivity (Wildman–Crippen MR) is 428 cm³/mol. The molecule has 3 unspecified atom stereocenters. The quantitative estimate of drug-likeness (QED) is 0.0222. The van der Waals surface area contributed by atoms with Crippen molar-refractivity contribution >= 4 is 39.5 Å². The Morgan fingerprint density at radius 2 is 0.462 bits per heavy atom. The monoisotopic (exact) mass is 1520 g/mol. The average Bonchev–Trinajstić information content (AvgIpc) is 0.903. The van der Waals surface area contributed by atoms with Crippen molar-refractivity contribution in [1.82, 2.24) is 0 Å². The number of aliphatic hydroxyl groups is 1. The molecule has 0 aliphatic carbocycles. The van der Waals surface area contributed by atoms with Crippen molar-refractivity contribution in [3.05, 3.63) is 0 Å². The molecule has 0 bridgehead atoms. The predicted octanol–water partition coefficient (Wildman–Crippen LogP) is 25.6. The van der Waals surface area contributed by atoms with Crippen molar-refractivity contribution in [1.29, 1.82) is 0 Å². The topological polar surface area (TPSA) is 237 Å². The van der Waals surface area contributed by atoms with Crippen molar-refractivity contribution in [2.45, 2.75) is 459 Å². The van der Waals surface area contributed by atoms with Crippen LogP contribution in [0.5, 0.6) is 0 Å². The van der Waals surface area contributed by atoms with Gasteiger partial charge in [-0.05, 0) is 49.4 Å². The largest absolute Gasteiger partial charge is 0.472 e. The maximum Gasteiger partial charge on any atom is 0.472 e. The molecule has 19 heteroatoms. The summed E-state index contributed by atoms with van der Waals surface area (Å²) in [6.07, 6.45) is 62.6. The fourth-order valence-corrected chi connectivity index (χ4v) is 14.7. The van der Waals surface area contributed by atoms with E-state index in [1.807, 2.05) is 0 Å². The molecule has 0 aliphatic rings. The Morgan fingerprint density at radius 3 is 0.683 bits per heavy atom. The lowest BCUT2D eigenvalue weighted by atomic mass is 9.99. The third kappa shape index (κ3) is 76.8. The first-order chi connectivity index (χ1) is 50.1. The normalized spacial score (nSPS) is 14.2. The number of phosphoric acid groups is 2. The molecule has 0 spiro atoms. The number of hydrogen-bond acceptors (Lipinski definition) is 15. The van der Waals surface area contributed by atoms with Crippen molar-refractivity contribution in [2.24, 2.45) is 23.7 Å². The van der Waals surface area contributed by atoms with Gasteiger partial charge in [-0.25, -0.2) is 9.13 Å². The van der Waals surface area contributed by atoms with E-state index in [9.17, 15) is 43.2 Å². The van der Waals surface area contributed by atoms with Crippen LogP contribution < -0.4 is 0 Å². The van der Waals surface area contributed by atoms with Gasteiger partial charge in [-0.3, -0.25) is 37.3 Å². The summed E-state index contributed by atoms with van der Waals surface area (Å²) in [5.74, 6) is 1.03. The maximum atomic E-state index is 13.1. The smallest absolute Gasteiger partial charge is 0.462 e. The van der Waals surface area contributed by atoms with Gasteiger partial charge in [0.15, 0.2) is 12.2 Å². The molecule has 6 atom stereocenters. The van der Waals surface area contributed by atoms with Crippen LogP contribution in [0.4, 0.5) is 0 Å². The van der Waals surface area contributed by atoms with Crippen LogP contribution in [-0.4, -0.2) is 96.7 Å². The molecular weight excluding hydrogens is 1350 g/mol. The summed E-state index contributed by atoms with van der Waals surface area (Å²) in [5.41, 5.74) is 0. The van der Waals surface area contributed by atoms with Gasteiger partial charge in [-0.2, -0.15) is 0 Å². The van der Waals surface area contributed by atoms with E-state index in [0.717, 1.165) is 114 Å². The zero-order valence-corrected chi connectivity index (χ0v) is 70.5.